The summed E-state index contributed by atoms with van der Waals surface area (Å²) in [6, 6.07) is 4.57. The fourth-order valence-electron chi connectivity index (χ4n) is 1.43. The Bertz CT molecular complexity index is 662. The highest BCUT2D eigenvalue weighted by molar-refractivity contribution is 7.85. The summed E-state index contributed by atoms with van der Waals surface area (Å²) in [5, 5.41) is 0. The van der Waals surface area contributed by atoms with E-state index in [2.05, 4.69) is 0 Å². The molecule has 0 aromatic heterocycles. The number of benzene rings is 1. The predicted octanol–water partition coefficient (Wildman–Crippen LogP) is 1.60. The molecule has 0 aliphatic carbocycles. The zero-order valence-electron chi connectivity index (χ0n) is 12.5. The van der Waals surface area contributed by atoms with Crippen LogP contribution in [0.4, 0.5) is 0 Å². The van der Waals surface area contributed by atoms with Gasteiger partial charge >= 0.3 is 11.9 Å². The van der Waals surface area contributed by atoms with Gasteiger partial charge in [-0.2, -0.15) is 8.42 Å². The van der Waals surface area contributed by atoms with Crippen molar-refractivity contribution in [2.24, 2.45) is 5.92 Å². The Kier molecular flexibility index (Phi) is 6.07. The number of hydrogen-bond acceptors (Lipinski definition) is 6. The van der Waals surface area contributed by atoms with E-state index in [1.165, 1.54) is 12.1 Å². The van der Waals surface area contributed by atoms with E-state index in [0.717, 1.165) is 5.56 Å². The van der Waals surface area contributed by atoms with Gasteiger partial charge in [-0.05, 0) is 24.6 Å². The van der Waals surface area contributed by atoms with Crippen molar-refractivity contribution in [2.75, 3.05) is 12.4 Å². The molecule has 8 heteroatoms. The van der Waals surface area contributed by atoms with Crippen molar-refractivity contribution in [3.8, 4) is 5.75 Å². The number of ether oxygens (including phenoxy) is 2. The molecule has 1 aromatic rings. The molecule has 0 spiro atoms. The van der Waals surface area contributed by atoms with Crippen LogP contribution in [-0.4, -0.2) is 37.3 Å². The summed E-state index contributed by atoms with van der Waals surface area (Å²) in [5.74, 6) is -2.36. The molecule has 0 saturated heterocycles. The average Bonchev–Trinajstić information content (AvgIpc) is 2.36. The van der Waals surface area contributed by atoms with Crippen molar-refractivity contribution in [2.45, 2.75) is 20.8 Å². The summed E-state index contributed by atoms with van der Waals surface area (Å²) in [6.45, 7) is 4.58. The largest absolute Gasteiger partial charge is 0.461 e. The third kappa shape index (κ3) is 5.82. The molecule has 0 aliphatic rings. The van der Waals surface area contributed by atoms with Gasteiger partial charge in [0.2, 0.25) is 0 Å². The highest BCUT2D eigenvalue weighted by atomic mass is 32.2. The average molecular weight is 330 g/mol. The second kappa shape index (κ2) is 7.37. The Morgan fingerprint density at radius 2 is 1.91 bits per heavy atom. The van der Waals surface area contributed by atoms with Crippen molar-refractivity contribution >= 4 is 22.1 Å². The first-order chi connectivity index (χ1) is 10.1. The van der Waals surface area contributed by atoms with Crippen LogP contribution >= 0.6 is 0 Å². The van der Waals surface area contributed by atoms with Gasteiger partial charge in [-0.15, -0.1) is 0 Å². The first-order valence-electron chi connectivity index (χ1n) is 6.55. The van der Waals surface area contributed by atoms with Gasteiger partial charge in [0.15, 0.2) is 0 Å². The van der Waals surface area contributed by atoms with E-state index in [-0.39, 0.29) is 17.2 Å². The molecule has 0 unspecified atom stereocenters. The van der Waals surface area contributed by atoms with Gasteiger partial charge in [0.25, 0.3) is 10.1 Å². The van der Waals surface area contributed by atoms with Gasteiger partial charge < -0.3 is 9.47 Å². The lowest BCUT2D eigenvalue weighted by atomic mass is 10.1. The fraction of sp³-hybridized carbons (Fsp3) is 0.429. The molecule has 0 amide bonds. The molecule has 1 N–H and O–H groups in total. The Balaban J connectivity index is 2.89. The van der Waals surface area contributed by atoms with E-state index in [4.69, 9.17) is 14.0 Å². The second-order valence-electron chi connectivity index (χ2n) is 5.00. The molecule has 0 heterocycles. The summed E-state index contributed by atoms with van der Waals surface area (Å²) in [6.07, 6.45) is 0. The van der Waals surface area contributed by atoms with E-state index < -0.39 is 34.4 Å². The zero-order valence-corrected chi connectivity index (χ0v) is 13.3. The topological polar surface area (TPSA) is 107 Å². The number of aryl methyl sites for hydroxylation is 1. The number of hydrogen-bond donors (Lipinski definition) is 1. The third-order valence-electron chi connectivity index (χ3n) is 2.61. The molecule has 22 heavy (non-hydrogen) atoms. The van der Waals surface area contributed by atoms with E-state index in [9.17, 15) is 18.0 Å². The molecular formula is C14H18O7S. The molecule has 0 aliphatic heterocycles. The monoisotopic (exact) mass is 330 g/mol. The van der Waals surface area contributed by atoms with Crippen LogP contribution in [-0.2, 0) is 19.6 Å². The summed E-state index contributed by atoms with van der Waals surface area (Å²) >= 11 is 0. The molecule has 7 nitrogen and oxygen atoms in total. The Morgan fingerprint density at radius 1 is 1.27 bits per heavy atom. The minimum absolute atomic E-state index is 0.00920. The van der Waals surface area contributed by atoms with E-state index in [0.29, 0.717) is 0 Å². The first-order valence-corrected chi connectivity index (χ1v) is 8.15. The molecule has 0 bridgehead atoms. The molecule has 1 rings (SSSR count). The lowest BCUT2D eigenvalue weighted by Gasteiger charge is -2.12. The standard InChI is InChI=1S/C14H18O7S/c1-9(2)13(15)21-12-8-10(3)4-5-11(12)14(16)20-6-7-22(17,18)19/h4-5,8-9H,6-7H2,1-3H3,(H,17,18,19). The van der Waals surface area contributed by atoms with E-state index in [1.54, 1.807) is 26.8 Å². The first kappa shape index (κ1) is 18.1. The van der Waals surface area contributed by atoms with Crippen molar-refractivity contribution < 1.29 is 32.0 Å². The van der Waals surface area contributed by atoms with Gasteiger partial charge in [-0.25, -0.2) is 4.79 Å². The van der Waals surface area contributed by atoms with Crippen LogP contribution in [0.3, 0.4) is 0 Å². The fourth-order valence-corrected chi connectivity index (χ4v) is 1.72. The van der Waals surface area contributed by atoms with Gasteiger partial charge in [-0.3, -0.25) is 9.35 Å². The van der Waals surface area contributed by atoms with E-state index in [1.807, 2.05) is 0 Å². The van der Waals surface area contributed by atoms with Crippen LogP contribution in [0.2, 0.25) is 0 Å². The van der Waals surface area contributed by atoms with Gasteiger partial charge in [0.1, 0.15) is 23.7 Å². The number of carbonyl (C=O) groups excluding carboxylic acids is 2. The van der Waals surface area contributed by atoms with Crippen molar-refractivity contribution in [1.29, 1.82) is 0 Å². The molecule has 0 fully saturated rings. The maximum atomic E-state index is 11.9. The summed E-state index contributed by atoms with van der Waals surface area (Å²) in [5.41, 5.74) is 0.788. The minimum Gasteiger partial charge on any atom is -0.461 e. The molecule has 0 radical (unpaired) electrons. The van der Waals surface area contributed by atoms with Gasteiger partial charge in [0, 0.05) is 0 Å². The van der Waals surface area contributed by atoms with Crippen LogP contribution in [0.25, 0.3) is 0 Å². The van der Waals surface area contributed by atoms with Crippen molar-refractivity contribution in [3.05, 3.63) is 29.3 Å². The zero-order chi connectivity index (χ0) is 16.9. The lowest BCUT2D eigenvalue weighted by molar-refractivity contribution is -0.137. The quantitative estimate of drug-likeness (QED) is 0.479. The second-order valence-corrected chi connectivity index (χ2v) is 6.57. The minimum atomic E-state index is -4.21. The third-order valence-corrected chi connectivity index (χ3v) is 3.30. The van der Waals surface area contributed by atoms with Crippen LogP contribution in [0.15, 0.2) is 18.2 Å². The molecule has 122 valence electrons. The maximum Gasteiger partial charge on any atom is 0.341 e. The number of esters is 2. The van der Waals surface area contributed by atoms with Crippen molar-refractivity contribution in [1.82, 2.24) is 0 Å². The van der Waals surface area contributed by atoms with E-state index >= 15 is 0 Å². The summed E-state index contributed by atoms with van der Waals surface area (Å²) < 4.78 is 39.6. The van der Waals surface area contributed by atoms with Crippen LogP contribution in [0.5, 0.6) is 5.75 Å². The number of carbonyl (C=O) groups is 2. The predicted molar refractivity (Wildman–Crippen MR) is 78.4 cm³/mol. The van der Waals surface area contributed by atoms with Gasteiger partial charge in [-0.1, -0.05) is 19.9 Å². The highest BCUT2D eigenvalue weighted by Crippen LogP contribution is 2.22. The Labute approximate surface area is 129 Å². The SMILES string of the molecule is Cc1ccc(C(=O)OCCS(=O)(=O)O)c(OC(=O)C(C)C)c1. The highest BCUT2D eigenvalue weighted by Gasteiger charge is 2.19. The molecular weight excluding hydrogens is 312 g/mol. The number of rotatable bonds is 6. The smallest absolute Gasteiger partial charge is 0.341 e. The normalized spacial score (nSPS) is 11.3. The van der Waals surface area contributed by atoms with Crippen LogP contribution < -0.4 is 4.74 Å². The van der Waals surface area contributed by atoms with Crippen LogP contribution in [0, 0.1) is 12.8 Å². The van der Waals surface area contributed by atoms with Crippen molar-refractivity contribution in [3.63, 3.8) is 0 Å². The molecule has 1 aromatic carbocycles. The molecule has 0 atom stereocenters. The lowest BCUT2D eigenvalue weighted by Crippen LogP contribution is -2.19. The molecule has 0 saturated carbocycles. The van der Waals surface area contributed by atoms with Gasteiger partial charge in [0.05, 0.1) is 5.92 Å². The summed E-state index contributed by atoms with van der Waals surface area (Å²) in [4.78, 5) is 23.6. The summed E-state index contributed by atoms with van der Waals surface area (Å²) in [7, 11) is -4.21. The maximum absolute atomic E-state index is 11.9. The Hall–Kier alpha value is -1.93. The Morgan fingerprint density at radius 3 is 2.45 bits per heavy atom. The van der Waals surface area contributed by atoms with Crippen LogP contribution in [0.1, 0.15) is 29.8 Å².